The van der Waals surface area contributed by atoms with E-state index >= 15 is 0 Å². The molecule has 4 nitrogen and oxygen atoms in total. The van der Waals surface area contributed by atoms with Crippen LogP contribution in [0.5, 0.6) is 0 Å². The van der Waals surface area contributed by atoms with Crippen LogP contribution in [-0.4, -0.2) is 16.6 Å². The number of ether oxygens (including phenoxy) is 1. The second kappa shape index (κ2) is 5.75. The van der Waals surface area contributed by atoms with Gasteiger partial charge in [0.1, 0.15) is 12.4 Å². The number of hydrogen-bond donors (Lipinski definition) is 1. The molecule has 0 aromatic carbocycles. The minimum Gasteiger partial charge on any atom is -0.384 e. The lowest BCUT2D eigenvalue weighted by atomic mass is 10.4. The van der Waals surface area contributed by atoms with Gasteiger partial charge in [0.25, 0.3) is 0 Å². The first-order chi connectivity index (χ1) is 8.24. The lowest BCUT2D eigenvalue weighted by Gasteiger charge is -2.04. The Hall–Kier alpha value is -1.46. The molecule has 0 saturated carbocycles. The highest BCUT2D eigenvalue weighted by Gasteiger charge is 2.00. The molecule has 0 unspecified atom stereocenters. The van der Waals surface area contributed by atoms with Crippen molar-refractivity contribution in [3.8, 4) is 0 Å². The number of rotatable bonds is 5. The zero-order valence-electron chi connectivity index (χ0n) is 9.72. The van der Waals surface area contributed by atoms with E-state index in [-0.39, 0.29) is 0 Å². The monoisotopic (exact) mass is 249 g/mol. The topological polar surface area (TPSA) is 61.0 Å². The lowest BCUT2D eigenvalue weighted by molar-refractivity contribution is 0.118. The second-order valence-electron chi connectivity index (χ2n) is 3.73. The van der Waals surface area contributed by atoms with Crippen molar-refractivity contribution in [2.24, 2.45) is 0 Å². The maximum atomic E-state index is 5.64. The smallest absolute Gasteiger partial charge is 0.156 e. The number of nitrogen functional groups attached to an aromatic ring is 1. The molecule has 90 valence electrons. The molecule has 0 aliphatic carbocycles. The highest BCUT2D eigenvalue weighted by Crippen LogP contribution is 2.09. The Bertz CT molecular complexity index is 450. The van der Waals surface area contributed by atoms with Crippen LogP contribution in [0.3, 0.4) is 0 Å². The van der Waals surface area contributed by atoms with Crippen LogP contribution in [0.4, 0.5) is 5.82 Å². The van der Waals surface area contributed by atoms with Crippen LogP contribution in [0.1, 0.15) is 16.4 Å². The molecular formula is C12H15N3OS. The Morgan fingerprint density at radius 2 is 2.29 bits per heavy atom. The molecule has 0 bridgehead atoms. The number of nitrogens with zero attached hydrogens (tertiary/aromatic N) is 2. The van der Waals surface area contributed by atoms with Gasteiger partial charge >= 0.3 is 0 Å². The molecule has 0 aliphatic rings. The van der Waals surface area contributed by atoms with Crippen LogP contribution >= 0.6 is 11.3 Å². The lowest BCUT2D eigenvalue weighted by Crippen LogP contribution is -2.05. The van der Waals surface area contributed by atoms with Crippen LogP contribution in [0.25, 0.3) is 0 Å². The SMILES string of the molecule is Cc1cc(N)nc(COCCc2cccs2)n1. The summed E-state index contributed by atoms with van der Waals surface area (Å²) in [5, 5.41) is 2.07. The van der Waals surface area contributed by atoms with Crippen molar-refractivity contribution in [1.29, 1.82) is 0 Å². The van der Waals surface area contributed by atoms with Gasteiger partial charge in [0, 0.05) is 23.1 Å². The molecule has 0 saturated heterocycles. The van der Waals surface area contributed by atoms with Gasteiger partial charge in [0.2, 0.25) is 0 Å². The molecule has 2 N–H and O–H groups in total. The normalized spacial score (nSPS) is 10.6. The number of aryl methyl sites for hydroxylation is 1. The summed E-state index contributed by atoms with van der Waals surface area (Å²) in [7, 11) is 0. The fourth-order valence-corrected chi connectivity index (χ4v) is 2.20. The van der Waals surface area contributed by atoms with Crippen LogP contribution < -0.4 is 5.73 Å². The molecule has 2 rings (SSSR count). The molecular weight excluding hydrogens is 234 g/mol. The van der Waals surface area contributed by atoms with Crippen molar-refractivity contribution in [1.82, 2.24) is 9.97 Å². The summed E-state index contributed by atoms with van der Waals surface area (Å²) in [5.41, 5.74) is 6.51. The standard InChI is InChI=1S/C12H15N3OS/c1-9-7-11(13)15-12(14-9)8-16-5-4-10-3-2-6-17-10/h2-3,6-7H,4-5,8H2,1H3,(H2,13,14,15). The summed E-state index contributed by atoms with van der Waals surface area (Å²) < 4.78 is 5.53. The molecule has 2 aromatic heterocycles. The molecule has 2 aromatic rings. The largest absolute Gasteiger partial charge is 0.384 e. The Labute approximate surface area is 104 Å². The summed E-state index contributed by atoms with van der Waals surface area (Å²) in [6.07, 6.45) is 0.930. The molecule has 0 aliphatic heterocycles. The van der Waals surface area contributed by atoms with Gasteiger partial charge in [-0.25, -0.2) is 9.97 Å². The van der Waals surface area contributed by atoms with Gasteiger partial charge in [0.15, 0.2) is 5.82 Å². The maximum absolute atomic E-state index is 5.64. The summed E-state index contributed by atoms with van der Waals surface area (Å²) >= 11 is 1.74. The van der Waals surface area contributed by atoms with Crippen molar-refractivity contribution in [2.45, 2.75) is 20.0 Å². The maximum Gasteiger partial charge on any atom is 0.156 e. The van der Waals surface area contributed by atoms with Crippen LogP contribution in [0.2, 0.25) is 0 Å². The van der Waals surface area contributed by atoms with Crippen molar-refractivity contribution < 1.29 is 4.74 Å². The molecule has 0 radical (unpaired) electrons. The van der Waals surface area contributed by atoms with E-state index in [1.54, 1.807) is 17.4 Å². The first-order valence-electron chi connectivity index (χ1n) is 5.44. The number of hydrogen-bond acceptors (Lipinski definition) is 5. The van der Waals surface area contributed by atoms with E-state index in [2.05, 4.69) is 21.4 Å². The van der Waals surface area contributed by atoms with Gasteiger partial charge in [-0.1, -0.05) is 6.07 Å². The molecule has 5 heteroatoms. The first kappa shape index (κ1) is 12.0. The Balaban J connectivity index is 1.78. The van der Waals surface area contributed by atoms with Crippen molar-refractivity contribution in [3.63, 3.8) is 0 Å². The van der Waals surface area contributed by atoms with E-state index in [4.69, 9.17) is 10.5 Å². The Morgan fingerprint density at radius 3 is 3.00 bits per heavy atom. The Morgan fingerprint density at radius 1 is 1.41 bits per heavy atom. The van der Waals surface area contributed by atoms with E-state index in [9.17, 15) is 0 Å². The predicted molar refractivity (Wildman–Crippen MR) is 68.9 cm³/mol. The zero-order valence-corrected chi connectivity index (χ0v) is 10.5. The van der Waals surface area contributed by atoms with E-state index in [1.165, 1.54) is 4.88 Å². The number of aromatic nitrogens is 2. The van der Waals surface area contributed by atoms with Gasteiger partial charge in [-0.3, -0.25) is 0 Å². The Kier molecular flexibility index (Phi) is 4.06. The number of nitrogens with two attached hydrogens (primary N) is 1. The van der Waals surface area contributed by atoms with Crippen molar-refractivity contribution >= 4 is 17.2 Å². The average Bonchev–Trinajstić information content (AvgIpc) is 2.76. The summed E-state index contributed by atoms with van der Waals surface area (Å²) in [6.45, 7) is 2.99. The third-order valence-corrected chi connectivity index (χ3v) is 3.16. The van der Waals surface area contributed by atoms with E-state index in [0.29, 0.717) is 24.9 Å². The summed E-state index contributed by atoms with van der Waals surface area (Å²) in [5.74, 6) is 1.14. The third kappa shape index (κ3) is 3.80. The fourth-order valence-electron chi connectivity index (χ4n) is 1.51. The van der Waals surface area contributed by atoms with Crippen molar-refractivity contribution in [2.75, 3.05) is 12.3 Å². The van der Waals surface area contributed by atoms with Gasteiger partial charge in [0.05, 0.1) is 6.61 Å². The van der Waals surface area contributed by atoms with Gasteiger partial charge in [-0.05, 0) is 18.4 Å². The minimum absolute atomic E-state index is 0.414. The zero-order chi connectivity index (χ0) is 12.1. The second-order valence-corrected chi connectivity index (χ2v) is 4.76. The first-order valence-corrected chi connectivity index (χ1v) is 6.32. The van der Waals surface area contributed by atoms with Crippen LogP contribution in [-0.2, 0) is 17.8 Å². The van der Waals surface area contributed by atoms with E-state index in [0.717, 1.165) is 12.1 Å². The fraction of sp³-hybridized carbons (Fsp3) is 0.333. The van der Waals surface area contributed by atoms with Gasteiger partial charge in [-0.2, -0.15) is 0 Å². The van der Waals surface area contributed by atoms with Crippen molar-refractivity contribution in [3.05, 3.63) is 40.0 Å². The van der Waals surface area contributed by atoms with E-state index in [1.807, 2.05) is 13.0 Å². The highest BCUT2D eigenvalue weighted by atomic mass is 32.1. The average molecular weight is 249 g/mol. The van der Waals surface area contributed by atoms with Crippen LogP contribution in [0.15, 0.2) is 23.6 Å². The van der Waals surface area contributed by atoms with Gasteiger partial charge in [-0.15, -0.1) is 11.3 Å². The molecule has 0 spiro atoms. The van der Waals surface area contributed by atoms with E-state index < -0.39 is 0 Å². The molecule has 0 fully saturated rings. The number of thiophene rings is 1. The van der Waals surface area contributed by atoms with Crippen LogP contribution in [0, 0.1) is 6.92 Å². The quantitative estimate of drug-likeness (QED) is 0.825. The molecule has 0 amide bonds. The molecule has 17 heavy (non-hydrogen) atoms. The number of anilines is 1. The third-order valence-electron chi connectivity index (χ3n) is 2.22. The molecule has 2 heterocycles. The highest BCUT2D eigenvalue weighted by molar-refractivity contribution is 7.09. The minimum atomic E-state index is 0.414. The predicted octanol–water partition coefficient (Wildman–Crippen LogP) is 2.19. The van der Waals surface area contributed by atoms with Gasteiger partial charge < -0.3 is 10.5 Å². The summed E-state index contributed by atoms with van der Waals surface area (Å²) in [4.78, 5) is 9.70. The summed E-state index contributed by atoms with van der Waals surface area (Å²) in [6, 6.07) is 5.90. The molecule has 0 atom stereocenters.